The van der Waals surface area contributed by atoms with Gasteiger partial charge in [-0.1, -0.05) is 11.6 Å². The van der Waals surface area contributed by atoms with Gasteiger partial charge >= 0.3 is 58.4 Å². The first-order chi connectivity index (χ1) is 8.34. The second-order valence-corrected chi connectivity index (χ2v) is 4.30. The standard InChI is InChI=1S/C12H17BF3O2.K/c1-9-8-11(18-10(2)6-7-17-3)4-5-12(9)13(14,15)16;/h4-5,8,10H,6-7H2,1-3H3;/q-1;+1. The molecule has 1 atom stereocenters. The van der Waals surface area contributed by atoms with Crippen LogP contribution in [0.1, 0.15) is 18.9 Å². The molecule has 0 aliphatic rings. The topological polar surface area (TPSA) is 18.5 Å². The molecule has 0 heterocycles. The molecule has 0 saturated carbocycles. The van der Waals surface area contributed by atoms with Crippen LogP contribution in [0.3, 0.4) is 0 Å². The fourth-order valence-electron chi connectivity index (χ4n) is 1.66. The summed E-state index contributed by atoms with van der Waals surface area (Å²) in [5.41, 5.74) is -0.370. The van der Waals surface area contributed by atoms with E-state index in [1.165, 1.54) is 19.1 Å². The van der Waals surface area contributed by atoms with Crippen LogP contribution < -0.4 is 61.6 Å². The summed E-state index contributed by atoms with van der Waals surface area (Å²) in [6, 6.07) is 3.86. The second kappa shape index (κ2) is 8.69. The van der Waals surface area contributed by atoms with Gasteiger partial charge in [0, 0.05) is 20.1 Å². The fourth-order valence-corrected chi connectivity index (χ4v) is 1.66. The second-order valence-electron chi connectivity index (χ2n) is 4.30. The number of ether oxygens (including phenoxy) is 2. The maximum atomic E-state index is 12.6. The first-order valence-corrected chi connectivity index (χ1v) is 5.80. The minimum absolute atomic E-state index is 0. The number of rotatable bonds is 6. The first-order valence-electron chi connectivity index (χ1n) is 5.80. The van der Waals surface area contributed by atoms with Crippen molar-refractivity contribution in [3.8, 4) is 5.75 Å². The van der Waals surface area contributed by atoms with E-state index in [-0.39, 0.29) is 63.1 Å². The number of hydrogen-bond acceptors (Lipinski definition) is 2. The van der Waals surface area contributed by atoms with Crippen LogP contribution in [0.15, 0.2) is 18.2 Å². The number of methoxy groups -OCH3 is 1. The Morgan fingerprint density at radius 3 is 2.37 bits per heavy atom. The van der Waals surface area contributed by atoms with Crippen LogP contribution in [-0.2, 0) is 4.74 Å². The summed E-state index contributed by atoms with van der Waals surface area (Å²) in [4.78, 5) is 0. The quantitative estimate of drug-likeness (QED) is 0.681. The number of halogens is 3. The van der Waals surface area contributed by atoms with Crippen LogP contribution in [-0.4, -0.2) is 26.8 Å². The third kappa shape index (κ3) is 6.64. The van der Waals surface area contributed by atoms with Gasteiger partial charge in [0.1, 0.15) is 5.75 Å². The zero-order valence-corrected chi connectivity index (χ0v) is 14.9. The molecule has 0 saturated heterocycles. The van der Waals surface area contributed by atoms with Crippen molar-refractivity contribution in [2.45, 2.75) is 26.4 Å². The summed E-state index contributed by atoms with van der Waals surface area (Å²) >= 11 is 0. The molecule has 0 N–H and O–H groups in total. The van der Waals surface area contributed by atoms with E-state index in [2.05, 4.69) is 0 Å². The summed E-state index contributed by atoms with van der Waals surface area (Å²) in [5, 5.41) is 0. The molecule has 19 heavy (non-hydrogen) atoms. The van der Waals surface area contributed by atoms with Crippen molar-refractivity contribution < 1.29 is 73.8 Å². The van der Waals surface area contributed by atoms with Gasteiger partial charge in [-0.25, -0.2) is 0 Å². The van der Waals surface area contributed by atoms with E-state index >= 15 is 0 Å². The van der Waals surface area contributed by atoms with Crippen LogP contribution in [0.25, 0.3) is 0 Å². The van der Waals surface area contributed by atoms with Crippen LogP contribution in [0, 0.1) is 6.92 Å². The van der Waals surface area contributed by atoms with Gasteiger partial charge in [0.25, 0.3) is 0 Å². The van der Waals surface area contributed by atoms with Gasteiger partial charge in [0.05, 0.1) is 6.10 Å². The number of benzene rings is 1. The van der Waals surface area contributed by atoms with Crippen molar-refractivity contribution in [3.05, 3.63) is 23.8 Å². The first kappa shape index (κ1) is 19.5. The normalized spacial score (nSPS) is 12.7. The Labute approximate surface area is 154 Å². The SMILES string of the molecule is COCCC(C)Oc1ccc([B-](F)(F)F)c(C)c1.[K+]. The van der Waals surface area contributed by atoms with E-state index in [9.17, 15) is 12.9 Å². The average molecular weight is 300 g/mol. The molecule has 1 unspecified atom stereocenters. The summed E-state index contributed by atoms with van der Waals surface area (Å²) in [7, 11) is 1.59. The minimum Gasteiger partial charge on any atom is -0.491 e. The molecular formula is C12H17BF3KO2. The Bertz CT molecular complexity index is 399. The monoisotopic (exact) mass is 300 g/mol. The van der Waals surface area contributed by atoms with Gasteiger partial charge in [-0.15, -0.1) is 5.46 Å². The molecule has 0 radical (unpaired) electrons. The molecule has 2 nitrogen and oxygen atoms in total. The molecule has 1 rings (SSSR count). The Hall–Kier alpha value is 0.471. The van der Waals surface area contributed by atoms with E-state index in [4.69, 9.17) is 9.47 Å². The van der Waals surface area contributed by atoms with E-state index < -0.39 is 12.4 Å². The third-order valence-corrected chi connectivity index (χ3v) is 2.66. The van der Waals surface area contributed by atoms with Crippen molar-refractivity contribution in [3.63, 3.8) is 0 Å². The van der Waals surface area contributed by atoms with Crippen LogP contribution >= 0.6 is 0 Å². The van der Waals surface area contributed by atoms with Gasteiger partial charge in [0.15, 0.2) is 0 Å². The minimum atomic E-state index is -4.96. The van der Waals surface area contributed by atoms with Crippen LogP contribution in [0.5, 0.6) is 5.75 Å². The van der Waals surface area contributed by atoms with Crippen molar-refractivity contribution in [1.29, 1.82) is 0 Å². The van der Waals surface area contributed by atoms with E-state index in [1.54, 1.807) is 7.11 Å². The molecule has 102 valence electrons. The predicted molar refractivity (Wildman–Crippen MR) is 66.5 cm³/mol. The van der Waals surface area contributed by atoms with E-state index in [0.29, 0.717) is 18.8 Å². The fraction of sp³-hybridized carbons (Fsp3) is 0.500. The predicted octanol–water partition coefficient (Wildman–Crippen LogP) is -0.143. The summed E-state index contributed by atoms with van der Waals surface area (Å²) in [5.74, 6) is 0.458. The Morgan fingerprint density at radius 2 is 1.89 bits per heavy atom. The Morgan fingerprint density at radius 1 is 1.26 bits per heavy atom. The zero-order valence-electron chi connectivity index (χ0n) is 11.8. The maximum absolute atomic E-state index is 12.6. The van der Waals surface area contributed by atoms with Gasteiger partial charge < -0.3 is 22.4 Å². The smallest absolute Gasteiger partial charge is 0.491 e. The third-order valence-electron chi connectivity index (χ3n) is 2.66. The Kier molecular flexibility index (Phi) is 8.91. The molecule has 0 aliphatic carbocycles. The van der Waals surface area contributed by atoms with Crippen molar-refractivity contribution in [1.82, 2.24) is 0 Å². The molecule has 0 spiro atoms. The number of hydrogen-bond donors (Lipinski definition) is 0. The van der Waals surface area contributed by atoms with Gasteiger partial charge in [-0.3, -0.25) is 0 Å². The maximum Gasteiger partial charge on any atom is 1.00 e. The molecule has 7 heteroatoms. The number of aryl methyl sites for hydroxylation is 1. The largest absolute Gasteiger partial charge is 1.00 e. The molecule has 0 aliphatic heterocycles. The van der Waals surface area contributed by atoms with Crippen molar-refractivity contribution in [2.75, 3.05) is 13.7 Å². The average Bonchev–Trinajstić information content (AvgIpc) is 2.24. The van der Waals surface area contributed by atoms with Crippen molar-refractivity contribution in [2.24, 2.45) is 0 Å². The molecule has 1 aromatic carbocycles. The van der Waals surface area contributed by atoms with Crippen molar-refractivity contribution >= 4 is 12.4 Å². The van der Waals surface area contributed by atoms with Gasteiger partial charge in [-0.2, -0.15) is 0 Å². The molecule has 0 amide bonds. The molecule has 0 fully saturated rings. The molecular weight excluding hydrogens is 283 g/mol. The van der Waals surface area contributed by atoms with Crippen LogP contribution in [0.4, 0.5) is 12.9 Å². The van der Waals surface area contributed by atoms with Gasteiger partial charge in [0.2, 0.25) is 0 Å². The summed E-state index contributed by atoms with van der Waals surface area (Å²) < 4.78 is 48.3. The summed E-state index contributed by atoms with van der Waals surface area (Å²) in [6.07, 6.45) is 0.604. The Balaban J connectivity index is 0.00000324. The zero-order chi connectivity index (χ0) is 13.8. The van der Waals surface area contributed by atoms with E-state index in [0.717, 1.165) is 6.07 Å². The molecule has 1 aromatic rings. The van der Waals surface area contributed by atoms with Crippen LogP contribution in [0.2, 0.25) is 0 Å². The molecule has 0 bridgehead atoms. The summed E-state index contributed by atoms with van der Waals surface area (Å²) in [6.45, 7) is -1.10. The molecule has 0 aromatic heterocycles. The van der Waals surface area contributed by atoms with Gasteiger partial charge in [-0.05, 0) is 26.0 Å². The van der Waals surface area contributed by atoms with E-state index in [1.807, 2.05) is 6.92 Å².